The standard InChI is InChI=1S/C11H19N5O2S/c1-11(2,3)9-13-10(19-15-9)16-4-5-18-7(6-16)8(12)14-17/h7,17H,4-6H2,1-3H3,(H2,12,14). The summed E-state index contributed by atoms with van der Waals surface area (Å²) in [4.78, 5) is 6.61. The summed E-state index contributed by atoms with van der Waals surface area (Å²) in [6.45, 7) is 8.01. The molecule has 1 aromatic heterocycles. The largest absolute Gasteiger partial charge is 0.409 e. The molecule has 1 aromatic rings. The molecule has 0 aromatic carbocycles. The van der Waals surface area contributed by atoms with Crippen LogP contribution >= 0.6 is 11.5 Å². The van der Waals surface area contributed by atoms with Crippen molar-refractivity contribution in [1.82, 2.24) is 9.36 Å². The van der Waals surface area contributed by atoms with Gasteiger partial charge in [0.25, 0.3) is 0 Å². The number of nitrogens with two attached hydrogens (primary N) is 1. The van der Waals surface area contributed by atoms with Crippen molar-refractivity contribution in [2.24, 2.45) is 10.9 Å². The summed E-state index contributed by atoms with van der Waals surface area (Å²) < 4.78 is 9.85. The van der Waals surface area contributed by atoms with Gasteiger partial charge < -0.3 is 20.6 Å². The third-order valence-electron chi connectivity index (χ3n) is 2.87. The minimum atomic E-state index is -0.402. The van der Waals surface area contributed by atoms with Crippen LogP contribution in [0.1, 0.15) is 26.6 Å². The number of hydrogen-bond acceptors (Lipinski definition) is 7. The SMILES string of the molecule is CC(C)(C)c1nsc(N2CCOC(C(N)=NO)C2)n1. The van der Waals surface area contributed by atoms with Crippen molar-refractivity contribution < 1.29 is 9.94 Å². The molecule has 3 N–H and O–H groups in total. The van der Waals surface area contributed by atoms with Crippen molar-refractivity contribution in [3.05, 3.63) is 5.82 Å². The summed E-state index contributed by atoms with van der Waals surface area (Å²) in [5, 5.41) is 12.5. The van der Waals surface area contributed by atoms with Crippen LogP contribution in [-0.4, -0.2) is 46.2 Å². The van der Waals surface area contributed by atoms with Gasteiger partial charge in [0.2, 0.25) is 5.13 Å². The van der Waals surface area contributed by atoms with Crippen molar-refractivity contribution in [3.63, 3.8) is 0 Å². The topological polar surface area (TPSA) is 96.9 Å². The Bertz CT molecular complexity index is 468. The van der Waals surface area contributed by atoms with Crippen LogP contribution in [0.15, 0.2) is 5.16 Å². The van der Waals surface area contributed by atoms with E-state index in [4.69, 9.17) is 15.7 Å². The number of anilines is 1. The molecular formula is C11H19N5O2S. The lowest BCUT2D eigenvalue weighted by atomic mass is 9.96. The molecular weight excluding hydrogens is 266 g/mol. The predicted octanol–water partition coefficient (Wildman–Crippen LogP) is 0.787. The highest BCUT2D eigenvalue weighted by atomic mass is 32.1. The van der Waals surface area contributed by atoms with Gasteiger partial charge in [-0.05, 0) is 0 Å². The summed E-state index contributed by atoms with van der Waals surface area (Å²) in [6, 6.07) is 0. The minimum absolute atomic E-state index is 0.0635. The van der Waals surface area contributed by atoms with Gasteiger partial charge in [0.05, 0.1) is 13.2 Å². The van der Waals surface area contributed by atoms with Crippen LogP contribution < -0.4 is 10.6 Å². The van der Waals surface area contributed by atoms with Crippen molar-refractivity contribution in [2.75, 3.05) is 24.6 Å². The highest BCUT2D eigenvalue weighted by molar-refractivity contribution is 7.09. The van der Waals surface area contributed by atoms with Crippen LogP contribution in [0.2, 0.25) is 0 Å². The van der Waals surface area contributed by atoms with Gasteiger partial charge in [-0.1, -0.05) is 25.9 Å². The number of amidine groups is 1. The van der Waals surface area contributed by atoms with Gasteiger partial charge in [-0.25, -0.2) is 4.98 Å². The van der Waals surface area contributed by atoms with Crippen molar-refractivity contribution >= 4 is 22.5 Å². The van der Waals surface area contributed by atoms with E-state index in [0.29, 0.717) is 13.2 Å². The first-order valence-corrected chi connectivity index (χ1v) is 6.87. The zero-order chi connectivity index (χ0) is 14.0. The first-order valence-electron chi connectivity index (χ1n) is 6.10. The fourth-order valence-corrected chi connectivity index (χ4v) is 2.61. The summed E-state index contributed by atoms with van der Waals surface area (Å²) in [5.74, 6) is 0.921. The molecule has 1 unspecified atom stereocenters. The Kier molecular flexibility index (Phi) is 3.91. The molecule has 1 aliphatic heterocycles. The minimum Gasteiger partial charge on any atom is -0.409 e. The second kappa shape index (κ2) is 5.30. The lowest BCUT2D eigenvalue weighted by molar-refractivity contribution is 0.0806. The van der Waals surface area contributed by atoms with Crippen LogP contribution in [0.4, 0.5) is 5.13 Å². The van der Waals surface area contributed by atoms with E-state index in [9.17, 15) is 0 Å². The van der Waals surface area contributed by atoms with Gasteiger partial charge in [-0.2, -0.15) is 4.37 Å². The Hall–Kier alpha value is -1.41. The van der Waals surface area contributed by atoms with Gasteiger partial charge in [-0.15, -0.1) is 0 Å². The Balaban J connectivity index is 2.11. The van der Waals surface area contributed by atoms with E-state index >= 15 is 0 Å². The molecule has 8 heteroatoms. The molecule has 2 rings (SSSR count). The van der Waals surface area contributed by atoms with Crippen LogP contribution in [0.25, 0.3) is 0 Å². The van der Waals surface area contributed by atoms with E-state index < -0.39 is 6.10 Å². The lowest BCUT2D eigenvalue weighted by Gasteiger charge is -2.31. The highest BCUT2D eigenvalue weighted by Gasteiger charge is 2.27. The molecule has 106 valence electrons. The van der Waals surface area contributed by atoms with E-state index in [0.717, 1.165) is 17.5 Å². The van der Waals surface area contributed by atoms with Gasteiger partial charge in [0, 0.05) is 23.5 Å². The van der Waals surface area contributed by atoms with E-state index in [1.54, 1.807) is 0 Å². The van der Waals surface area contributed by atoms with Crippen LogP contribution in [-0.2, 0) is 10.2 Å². The van der Waals surface area contributed by atoms with E-state index in [-0.39, 0.29) is 11.3 Å². The van der Waals surface area contributed by atoms with Crippen LogP contribution in [0, 0.1) is 0 Å². The Morgan fingerprint density at radius 3 is 2.89 bits per heavy atom. The molecule has 1 aliphatic rings. The second-order valence-electron chi connectivity index (χ2n) is 5.48. The number of nitrogens with zero attached hydrogens (tertiary/aromatic N) is 4. The van der Waals surface area contributed by atoms with Gasteiger partial charge in [0.15, 0.2) is 5.84 Å². The van der Waals surface area contributed by atoms with E-state index in [1.165, 1.54) is 11.5 Å². The number of hydrogen-bond donors (Lipinski definition) is 2. The summed E-state index contributed by atoms with van der Waals surface area (Å²) in [7, 11) is 0. The van der Waals surface area contributed by atoms with Crippen molar-refractivity contribution in [2.45, 2.75) is 32.3 Å². The molecule has 2 heterocycles. The number of morpholine rings is 1. The maximum atomic E-state index is 8.69. The number of oxime groups is 1. The first-order chi connectivity index (χ1) is 8.91. The van der Waals surface area contributed by atoms with Gasteiger partial charge in [0.1, 0.15) is 11.9 Å². The summed E-state index contributed by atoms with van der Waals surface area (Å²) in [5.41, 5.74) is 5.51. The maximum absolute atomic E-state index is 8.69. The van der Waals surface area contributed by atoms with Gasteiger partial charge >= 0.3 is 0 Å². The van der Waals surface area contributed by atoms with E-state index in [2.05, 4.69) is 40.2 Å². The molecule has 1 fully saturated rings. The van der Waals surface area contributed by atoms with Crippen molar-refractivity contribution in [3.8, 4) is 0 Å². The first kappa shape index (κ1) is 14.0. The van der Waals surface area contributed by atoms with Gasteiger partial charge in [-0.3, -0.25) is 0 Å². The fraction of sp³-hybridized carbons (Fsp3) is 0.727. The smallest absolute Gasteiger partial charge is 0.205 e. The predicted molar refractivity (Wildman–Crippen MR) is 74.0 cm³/mol. The average molecular weight is 285 g/mol. The van der Waals surface area contributed by atoms with Crippen LogP contribution in [0.5, 0.6) is 0 Å². The highest BCUT2D eigenvalue weighted by Crippen LogP contribution is 2.26. The molecule has 1 saturated heterocycles. The number of aromatic nitrogens is 2. The quantitative estimate of drug-likeness (QED) is 0.361. The van der Waals surface area contributed by atoms with Crippen LogP contribution in [0.3, 0.4) is 0 Å². The zero-order valence-electron chi connectivity index (χ0n) is 11.3. The fourth-order valence-electron chi connectivity index (χ4n) is 1.71. The monoisotopic (exact) mass is 285 g/mol. The Morgan fingerprint density at radius 2 is 2.32 bits per heavy atom. The average Bonchev–Trinajstić information content (AvgIpc) is 2.87. The third-order valence-corrected chi connectivity index (χ3v) is 3.65. The molecule has 7 nitrogen and oxygen atoms in total. The Morgan fingerprint density at radius 1 is 1.58 bits per heavy atom. The Labute approximate surface area is 116 Å². The van der Waals surface area contributed by atoms with E-state index in [1.807, 2.05) is 0 Å². The molecule has 0 bridgehead atoms. The molecule has 19 heavy (non-hydrogen) atoms. The second-order valence-corrected chi connectivity index (χ2v) is 6.21. The molecule has 1 atom stereocenters. The maximum Gasteiger partial charge on any atom is 0.205 e. The molecule has 0 spiro atoms. The summed E-state index contributed by atoms with van der Waals surface area (Å²) >= 11 is 1.37. The molecule has 0 saturated carbocycles. The molecule has 0 amide bonds. The third kappa shape index (κ3) is 3.13. The molecule has 0 radical (unpaired) electrons. The normalized spacial score (nSPS) is 21.7. The lowest BCUT2D eigenvalue weighted by Crippen LogP contribution is -2.48. The number of rotatable bonds is 2. The summed E-state index contributed by atoms with van der Waals surface area (Å²) in [6.07, 6.45) is -0.402. The van der Waals surface area contributed by atoms with Crippen molar-refractivity contribution in [1.29, 1.82) is 0 Å². The number of ether oxygens (including phenoxy) is 1. The zero-order valence-corrected chi connectivity index (χ0v) is 12.1. The molecule has 0 aliphatic carbocycles.